The summed E-state index contributed by atoms with van der Waals surface area (Å²) >= 11 is 0. The van der Waals surface area contributed by atoms with Crippen LogP contribution >= 0.6 is 0 Å². The molecule has 0 spiro atoms. The van der Waals surface area contributed by atoms with Gasteiger partial charge in [-0.15, -0.1) is 0 Å². The molecule has 680 valence electrons. The molecule has 0 radical (unpaired) electrons. The molecule has 1 aromatic carbocycles. The van der Waals surface area contributed by atoms with Gasteiger partial charge in [0.25, 0.3) is 0 Å². The van der Waals surface area contributed by atoms with E-state index in [1.54, 1.807) is 60.7 Å². The Bertz CT molecular complexity index is 3580. The Labute approximate surface area is 708 Å². The van der Waals surface area contributed by atoms with Gasteiger partial charge >= 0.3 is 0 Å². The maximum Gasteiger partial charge on any atom is 0.245 e. The van der Waals surface area contributed by atoms with Crippen LogP contribution in [-0.2, 0) is 78.3 Å². The van der Waals surface area contributed by atoms with Crippen LogP contribution in [0.3, 0.4) is 0 Å². The van der Waals surface area contributed by atoms with Crippen molar-refractivity contribution in [2.75, 3.05) is 32.7 Å². The Balaban J connectivity index is 2.56. The summed E-state index contributed by atoms with van der Waals surface area (Å²) in [6, 6.07) is -10.9. The Hall–Kier alpha value is -9.43. The van der Waals surface area contributed by atoms with E-state index in [9.17, 15) is 77.0 Å². The van der Waals surface area contributed by atoms with Gasteiger partial charge in [-0.1, -0.05) is 94.4 Å². The Morgan fingerprint density at radius 3 is 0.942 bits per heavy atom. The molecule has 0 aliphatic carbocycles. The van der Waals surface area contributed by atoms with E-state index in [1.807, 2.05) is 45.9 Å². The lowest BCUT2D eigenvalue weighted by Gasteiger charge is -2.30. The summed E-state index contributed by atoms with van der Waals surface area (Å²) in [4.78, 5) is 215. The van der Waals surface area contributed by atoms with E-state index < -0.39 is 179 Å². The lowest BCUT2D eigenvalue weighted by Crippen LogP contribution is -2.62. The second-order valence-corrected chi connectivity index (χ2v) is 33.3. The maximum atomic E-state index is 14.8. The highest BCUT2D eigenvalue weighted by atomic mass is 16.3. The molecule has 2 rings (SSSR count). The number of aromatic amines is 1. The van der Waals surface area contributed by atoms with Gasteiger partial charge < -0.3 is 119 Å². The first-order valence-electron chi connectivity index (χ1n) is 42.9. The number of unbranched alkanes of at least 4 members (excludes halogenated alkanes) is 5. The summed E-state index contributed by atoms with van der Waals surface area (Å²) in [6.45, 7) is 24.7. The zero-order valence-corrected chi connectivity index (χ0v) is 73.4. The number of hydrogen-bond acceptors (Lipinski definition) is 21. The minimum atomic E-state index is -1.76. The van der Waals surface area contributed by atoms with E-state index in [0.29, 0.717) is 69.9 Å². The molecule has 0 fully saturated rings. The fraction of sp³-hybridized carbons (Fsp3) is 0.723. The lowest BCUT2D eigenvalue weighted by atomic mass is 9.98. The summed E-state index contributed by atoms with van der Waals surface area (Å²) in [5, 5.41) is 50.1. The predicted molar refractivity (Wildman–Crippen MR) is 459 cm³/mol. The van der Waals surface area contributed by atoms with Gasteiger partial charge in [0.15, 0.2) is 0 Å². The van der Waals surface area contributed by atoms with Gasteiger partial charge in [0.2, 0.25) is 88.6 Å². The van der Waals surface area contributed by atoms with E-state index in [-0.39, 0.29) is 133 Å². The molecular formula is C83H147N21O16. The summed E-state index contributed by atoms with van der Waals surface area (Å²) in [7, 11) is 0. The van der Waals surface area contributed by atoms with E-state index in [2.05, 4.69) is 79.4 Å². The molecule has 28 N–H and O–H groups in total. The Morgan fingerprint density at radius 1 is 0.333 bits per heavy atom. The quantitative estimate of drug-likeness (QED) is 0.0364. The topological polar surface area (TPSA) is 617 Å². The molecule has 1 heterocycles. The molecule has 0 saturated heterocycles. The van der Waals surface area contributed by atoms with Gasteiger partial charge in [0.05, 0.1) is 6.10 Å². The molecule has 37 nitrogen and oxygen atoms in total. The number of carbonyl (C=O) groups excluding carboxylic acids is 15. The number of benzene rings is 1. The molecule has 2 aromatic rings. The first kappa shape index (κ1) is 107. The summed E-state index contributed by atoms with van der Waals surface area (Å²) in [6.07, 6.45) is 4.42. The van der Waals surface area contributed by atoms with Crippen LogP contribution in [-0.4, -0.2) is 222 Å². The average molecular weight is 1700 g/mol. The zero-order chi connectivity index (χ0) is 90.5. The summed E-state index contributed by atoms with van der Waals surface area (Å²) in [5.74, 6) is -13.0. The van der Waals surface area contributed by atoms with E-state index in [4.69, 9.17) is 34.4 Å². The van der Waals surface area contributed by atoms with Crippen LogP contribution in [0, 0.1) is 29.6 Å². The fourth-order valence-electron chi connectivity index (χ4n) is 13.3. The highest BCUT2D eigenvalue weighted by Gasteiger charge is 2.40. The van der Waals surface area contributed by atoms with Crippen molar-refractivity contribution in [1.29, 1.82) is 0 Å². The molecule has 0 aliphatic rings. The lowest BCUT2D eigenvalue weighted by molar-refractivity contribution is -0.137. The van der Waals surface area contributed by atoms with E-state index in [0.717, 1.165) is 10.9 Å². The van der Waals surface area contributed by atoms with Crippen LogP contribution in [0.2, 0.25) is 0 Å². The van der Waals surface area contributed by atoms with Gasteiger partial charge in [-0.3, -0.25) is 71.9 Å². The highest BCUT2D eigenvalue weighted by Crippen LogP contribution is 2.22. The average Bonchev–Trinajstić information content (AvgIpc) is 1.68. The number of rotatable bonds is 61. The predicted octanol–water partition coefficient (Wildman–Crippen LogP) is -0.701. The third kappa shape index (κ3) is 39.8. The fourth-order valence-corrected chi connectivity index (χ4v) is 13.3. The van der Waals surface area contributed by atoms with Crippen molar-refractivity contribution in [3.05, 3.63) is 36.0 Å². The SMILES string of the molecule is CCC(=O)N[C@@H](C)C(=O)N[C@@H](CC(C)C)C(=O)N[C@@H](Cc1c[nH]c2ccccc12)C(=O)N[C@@H](CCCCN)C(=O)N[C@H](C(=O)N[C@@H](CC(C)C)C(=O)N[C@@H](CC(C)C)C(=O)N[C@@H](CCCCN)C(=O)N[C@@H](CCCCN)C(=O)N[C@H](C(=O)N[C@@H](CC(C)C)C(=O)N[C@@H](CCCCN)C(=O)N[C@@H](CCCCN)C(=O)N[C@@H](C)C(N)=O)C(C)C)[C@@H](C)O. The number of fused-ring (bicyclic) bond motifs is 1. The number of hydrogen-bond donors (Lipinski definition) is 22. The number of aromatic nitrogens is 1. The third-order valence-corrected chi connectivity index (χ3v) is 20.2. The molecule has 15 atom stereocenters. The number of nitrogens with two attached hydrogens (primary N) is 6. The van der Waals surface area contributed by atoms with Crippen molar-refractivity contribution < 1.29 is 77.0 Å². The number of para-hydroxylation sites is 1. The Kier molecular flexibility index (Phi) is 50.6. The number of carbonyl (C=O) groups is 15. The van der Waals surface area contributed by atoms with Crippen LogP contribution in [0.5, 0.6) is 0 Å². The molecule has 1 aromatic heterocycles. The first-order valence-corrected chi connectivity index (χ1v) is 42.9. The smallest absolute Gasteiger partial charge is 0.245 e. The zero-order valence-electron chi connectivity index (χ0n) is 73.4. The highest BCUT2D eigenvalue weighted by molar-refractivity contribution is 6.01. The van der Waals surface area contributed by atoms with Crippen LogP contribution in [0.15, 0.2) is 30.5 Å². The molecule has 15 amide bonds. The summed E-state index contributed by atoms with van der Waals surface area (Å²) < 4.78 is 0. The number of aliphatic hydroxyl groups is 1. The minimum Gasteiger partial charge on any atom is -0.391 e. The molecule has 0 saturated carbocycles. The van der Waals surface area contributed by atoms with Crippen molar-refractivity contribution in [2.24, 2.45) is 64.0 Å². The number of H-pyrrole nitrogens is 1. The second kappa shape index (κ2) is 57.0. The van der Waals surface area contributed by atoms with Crippen molar-refractivity contribution in [3.8, 4) is 0 Å². The Morgan fingerprint density at radius 2 is 0.617 bits per heavy atom. The third-order valence-electron chi connectivity index (χ3n) is 20.2. The van der Waals surface area contributed by atoms with Gasteiger partial charge in [-0.2, -0.15) is 0 Å². The molecule has 120 heavy (non-hydrogen) atoms. The van der Waals surface area contributed by atoms with Crippen LogP contribution < -0.4 is 109 Å². The monoisotopic (exact) mass is 1690 g/mol. The van der Waals surface area contributed by atoms with Crippen molar-refractivity contribution in [3.63, 3.8) is 0 Å². The number of primary amides is 1. The minimum absolute atomic E-state index is 0.00153. The van der Waals surface area contributed by atoms with Crippen LogP contribution in [0.25, 0.3) is 10.9 Å². The standard InChI is InChI=1S/C83H147N21O16/c1-15-67(106)91-52(13)71(108)98-62(40-46(2)3)79(116)100-66(44-54-45-90-56-29-17-16-28-55(54)56)81(118)97-61(34-22-27-39-88)76(113)104-69(53(14)105)83(120)102-65(43-49(8)9)80(117)99-63(41-47(4)5)77(114)95-59(32-20-25-37-86)74(111)94-60(33-21-26-38-87)75(112)103-68(50(10)11)82(119)101-64(42-48(6)7)78(115)96-58(31-19-24-36-85)73(110)93-57(30-18-23-35-84)72(109)92-51(12)70(89)107/h16-17,28-29,45-53,57-66,68-69,90,105H,15,18-27,30-44,84-88H2,1-14H3,(H2,89,107)(H,91,106)(H,92,109)(H,93,110)(H,94,111)(H,95,114)(H,96,115)(H,97,118)(H,98,108)(H,99,117)(H,100,116)(H,101,119)(H,102,120)(H,103,112)(H,104,113)/t51-,52-,53+,57-,58-,59-,60-,61-,62-,63-,64-,65-,66-,68-,69-/m0/s1. The van der Waals surface area contributed by atoms with E-state index >= 15 is 0 Å². The number of aliphatic hydroxyl groups excluding tert-OH is 1. The van der Waals surface area contributed by atoms with Gasteiger partial charge in [0, 0.05) is 29.9 Å². The summed E-state index contributed by atoms with van der Waals surface area (Å²) in [5.41, 5.74) is 36.0. The maximum absolute atomic E-state index is 14.8. The van der Waals surface area contributed by atoms with Gasteiger partial charge in [0.1, 0.15) is 84.6 Å². The molecule has 0 aliphatic heterocycles. The largest absolute Gasteiger partial charge is 0.391 e. The second-order valence-electron chi connectivity index (χ2n) is 33.3. The normalized spacial score (nSPS) is 15.3. The van der Waals surface area contributed by atoms with Gasteiger partial charge in [-0.25, -0.2) is 0 Å². The van der Waals surface area contributed by atoms with Crippen molar-refractivity contribution >= 4 is 99.5 Å². The number of nitrogens with one attached hydrogen (secondary N) is 15. The molecule has 0 unspecified atom stereocenters. The van der Waals surface area contributed by atoms with E-state index in [1.165, 1.54) is 20.8 Å². The van der Waals surface area contributed by atoms with Crippen LogP contribution in [0.4, 0.5) is 0 Å². The van der Waals surface area contributed by atoms with Crippen molar-refractivity contribution in [1.82, 2.24) is 79.4 Å². The van der Waals surface area contributed by atoms with Crippen LogP contribution in [0.1, 0.15) is 231 Å². The number of amides is 15. The molecule has 37 heteroatoms. The molecular weight excluding hydrogens is 1550 g/mol. The molecule has 0 bridgehead atoms. The van der Waals surface area contributed by atoms with Gasteiger partial charge in [-0.05, 0) is 217 Å². The first-order chi connectivity index (χ1) is 56.7. The van der Waals surface area contributed by atoms with Crippen molar-refractivity contribution in [2.45, 2.75) is 322 Å².